The van der Waals surface area contributed by atoms with Crippen LogP contribution in [-0.4, -0.2) is 31.1 Å². The molecule has 1 aliphatic rings. The summed E-state index contributed by atoms with van der Waals surface area (Å²) < 4.78 is 13.4. The van der Waals surface area contributed by atoms with Crippen molar-refractivity contribution in [2.75, 3.05) is 26.2 Å². The molecule has 0 unspecified atom stereocenters. The summed E-state index contributed by atoms with van der Waals surface area (Å²) in [4.78, 5) is 3.70. The van der Waals surface area contributed by atoms with E-state index in [-0.39, 0.29) is 41.7 Å². The minimum absolute atomic E-state index is 0. The molecule has 0 saturated carbocycles. The van der Waals surface area contributed by atoms with E-state index in [1.54, 1.807) is 17.4 Å². The SMILES string of the molecule is Cl.Cl.Fc1ccc([C@H](c2cccs2)N2CCNCC2)cc1Cl. The zero-order valence-electron chi connectivity index (χ0n) is 11.8. The Hall–Kier alpha value is -0.360. The molecule has 7 heteroatoms. The number of nitrogens with one attached hydrogen (secondary N) is 1. The van der Waals surface area contributed by atoms with E-state index < -0.39 is 0 Å². The molecule has 2 aromatic rings. The third-order valence-electron chi connectivity index (χ3n) is 3.59. The maximum Gasteiger partial charge on any atom is 0.141 e. The number of rotatable bonds is 3. The van der Waals surface area contributed by atoms with E-state index >= 15 is 0 Å². The number of nitrogens with zero attached hydrogens (tertiary/aromatic N) is 1. The lowest BCUT2D eigenvalue weighted by Crippen LogP contribution is -2.45. The summed E-state index contributed by atoms with van der Waals surface area (Å²) in [6.45, 7) is 3.93. The van der Waals surface area contributed by atoms with Crippen molar-refractivity contribution in [3.8, 4) is 0 Å². The lowest BCUT2D eigenvalue weighted by molar-refractivity contribution is 0.200. The summed E-state index contributed by atoms with van der Waals surface area (Å²) in [6, 6.07) is 9.40. The fourth-order valence-corrected chi connectivity index (χ4v) is 3.70. The van der Waals surface area contributed by atoms with Gasteiger partial charge in [-0.3, -0.25) is 4.90 Å². The van der Waals surface area contributed by atoms with Gasteiger partial charge in [0, 0.05) is 31.1 Å². The molecule has 0 aliphatic carbocycles. The second-order valence-corrected chi connectivity index (χ2v) is 6.26. The third kappa shape index (κ3) is 4.34. The molecule has 0 radical (unpaired) electrons. The molecule has 2 nitrogen and oxygen atoms in total. The van der Waals surface area contributed by atoms with E-state index in [0.29, 0.717) is 0 Å². The van der Waals surface area contributed by atoms with E-state index in [4.69, 9.17) is 11.6 Å². The minimum atomic E-state index is -0.361. The number of halogens is 4. The molecule has 1 fully saturated rings. The van der Waals surface area contributed by atoms with Gasteiger partial charge < -0.3 is 5.32 Å². The molecule has 1 saturated heterocycles. The molecule has 122 valence electrons. The van der Waals surface area contributed by atoms with Crippen molar-refractivity contribution in [3.63, 3.8) is 0 Å². The van der Waals surface area contributed by atoms with Gasteiger partial charge in [0.25, 0.3) is 0 Å². The van der Waals surface area contributed by atoms with Gasteiger partial charge in [0.15, 0.2) is 0 Å². The van der Waals surface area contributed by atoms with Crippen LogP contribution in [0.15, 0.2) is 35.7 Å². The van der Waals surface area contributed by atoms with Gasteiger partial charge in [0.1, 0.15) is 5.82 Å². The summed E-state index contributed by atoms with van der Waals surface area (Å²) in [5, 5.41) is 5.64. The average molecular weight is 384 g/mol. The highest BCUT2D eigenvalue weighted by molar-refractivity contribution is 7.10. The van der Waals surface area contributed by atoms with Crippen molar-refractivity contribution in [3.05, 3.63) is 57.0 Å². The molecular formula is C15H18Cl3FN2S. The lowest BCUT2D eigenvalue weighted by Gasteiger charge is -2.34. The zero-order valence-corrected chi connectivity index (χ0v) is 15.0. The molecule has 22 heavy (non-hydrogen) atoms. The molecule has 2 heterocycles. The largest absolute Gasteiger partial charge is 0.314 e. The Morgan fingerprint density at radius 1 is 1.18 bits per heavy atom. The predicted molar refractivity (Wildman–Crippen MR) is 96.5 cm³/mol. The fraction of sp³-hybridized carbons (Fsp3) is 0.333. The van der Waals surface area contributed by atoms with Crippen LogP contribution < -0.4 is 5.32 Å². The maximum absolute atomic E-state index is 13.4. The number of benzene rings is 1. The topological polar surface area (TPSA) is 15.3 Å². The van der Waals surface area contributed by atoms with Crippen LogP contribution in [0.25, 0.3) is 0 Å². The summed E-state index contributed by atoms with van der Waals surface area (Å²) in [6.07, 6.45) is 0. The Morgan fingerprint density at radius 2 is 1.91 bits per heavy atom. The number of thiophene rings is 1. The van der Waals surface area contributed by atoms with Crippen LogP contribution in [0.4, 0.5) is 4.39 Å². The van der Waals surface area contributed by atoms with Crippen molar-refractivity contribution < 1.29 is 4.39 Å². The van der Waals surface area contributed by atoms with Crippen LogP contribution >= 0.6 is 47.8 Å². The number of hydrogen-bond donors (Lipinski definition) is 1. The molecule has 1 N–H and O–H groups in total. The standard InChI is InChI=1S/C15H16ClFN2S.2ClH/c16-12-10-11(3-4-13(12)17)15(14-2-1-9-20-14)19-7-5-18-6-8-19;;/h1-4,9-10,15,18H,5-8H2;2*1H/t15-;;/m1../s1. The van der Waals surface area contributed by atoms with Crippen molar-refractivity contribution in [1.29, 1.82) is 0 Å². The van der Waals surface area contributed by atoms with Gasteiger partial charge in [-0.2, -0.15) is 0 Å². The molecule has 0 bridgehead atoms. The third-order valence-corrected chi connectivity index (χ3v) is 4.80. The molecule has 3 rings (SSSR count). The van der Waals surface area contributed by atoms with E-state index in [9.17, 15) is 4.39 Å². The normalized spacial score (nSPS) is 16.5. The van der Waals surface area contributed by atoms with Crippen LogP contribution in [0.5, 0.6) is 0 Å². The van der Waals surface area contributed by atoms with E-state index in [1.807, 2.05) is 6.07 Å². The van der Waals surface area contributed by atoms with Crippen LogP contribution in [-0.2, 0) is 0 Å². The quantitative estimate of drug-likeness (QED) is 0.846. The van der Waals surface area contributed by atoms with Gasteiger partial charge in [0.05, 0.1) is 11.1 Å². The Morgan fingerprint density at radius 3 is 2.50 bits per heavy atom. The maximum atomic E-state index is 13.4. The van der Waals surface area contributed by atoms with Crippen molar-refractivity contribution in [2.24, 2.45) is 0 Å². The van der Waals surface area contributed by atoms with Gasteiger partial charge in [0.2, 0.25) is 0 Å². The summed E-state index contributed by atoms with van der Waals surface area (Å²) in [5.41, 5.74) is 1.06. The van der Waals surface area contributed by atoms with E-state index in [2.05, 4.69) is 27.7 Å². The molecule has 1 atom stereocenters. The predicted octanol–water partition coefficient (Wildman–Crippen LogP) is 4.38. The van der Waals surface area contributed by atoms with Crippen LogP contribution in [0.1, 0.15) is 16.5 Å². The van der Waals surface area contributed by atoms with Gasteiger partial charge >= 0.3 is 0 Å². The van der Waals surface area contributed by atoms with Crippen LogP contribution in [0.2, 0.25) is 5.02 Å². The van der Waals surface area contributed by atoms with E-state index in [0.717, 1.165) is 31.7 Å². The second kappa shape index (κ2) is 9.06. The van der Waals surface area contributed by atoms with Gasteiger partial charge in [-0.1, -0.05) is 23.7 Å². The van der Waals surface area contributed by atoms with Crippen molar-refractivity contribution >= 4 is 47.8 Å². The summed E-state index contributed by atoms with van der Waals surface area (Å²) in [7, 11) is 0. The lowest BCUT2D eigenvalue weighted by atomic mass is 10.0. The number of hydrogen-bond acceptors (Lipinski definition) is 3. The molecule has 0 spiro atoms. The first-order valence-corrected chi connectivity index (χ1v) is 7.94. The van der Waals surface area contributed by atoms with Crippen LogP contribution in [0, 0.1) is 5.82 Å². The molecular weight excluding hydrogens is 366 g/mol. The first kappa shape index (κ1) is 19.7. The number of piperazine rings is 1. The molecule has 0 amide bonds. The zero-order chi connectivity index (χ0) is 13.9. The fourth-order valence-electron chi connectivity index (χ4n) is 2.62. The Bertz CT molecular complexity index is 574. The molecule has 1 aliphatic heterocycles. The summed E-state index contributed by atoms with van der Waals surface area (Å²) >= 11 is 7.69. The van der Waals surface area contributed by atoms with E-state index in [1.165, 1.54) is 10.9 Å². The minimum Gasteiger partial charge on any atom is -0.314 e. The second-order valence-electron chi connectivity index (χ2n) is 4.88. The highest BCUT2D eigenvalue weighted by atomic mass is 35.5. The van der Waals surface area contributed by atoms with Gasteiger partial charge in [-0.25, -0.2) is 4.39 Å². The molecule has 1 aromatic heterocycles. The first-order valence-electron chi connectivity index (χ1n) is 6.69. The highest BCUT2D eigenvalue weighted by Gasteiger charge is 2.25. The molecule has 1 aromatic carbocycles. The average Bonchev–Trinajstić information content (AvgIpc) is 2.98. The Labute approximate surface area is 151 Å². The smallest absolute Gasteiger partial charge is 0.141 e. The summed E-state index contributed by atoms with van der Waals surface area (Å²) in [5.74, 6) is -0.361. The van der Waals surface area contributed by atoms with Crippen molar-refractivity contribution in [1.82, 2.24) is 10.2 Å². The van der Waals surface area contributed by atoms with Crippen molar-refractivity contribution in [2.45, 2.75) is 6.04 Å². The first-order chi connectivity index (χ1) is 9.75. The van der Waals surface area contributed by atoms with Gasteiger partial charge in [-0.15, -0.1) is 36.2 Å². The highest BCUT2D eigenvalue weighted by Crippen LogP contribution is 2.33. The Kier molecular flexibility index (Phi) is 8.11. The van der Waals surface area contributed by atoms with Gasteiger partial charge in [-0.05, 0) is 29.1 Å². The Balaban J connectivity index is 0.00000121. The van der Waals surface area contributed by atoms with Crippen LogP contribution in [0.3, 0.4) is 0 Å². The monoisotopic (exact) mass is 382 g/mol.